The molecule has 1 aromatic heterocycles. The van der Waals surface area contributed by atoms with Crippen molar-refractivity contribution in [3.8, 4) is 0 Å². The molecule has 0 N–H and O–H groups in total. The first kappa shape index (κ1) is 10.4. The van der Waals surface area contributed by atoms with Crippen LogP contribution >= 0.6 is 23.3 Å². The van der Waals surface area contributed by atoms with Crippen molar-refractivity contribution in [2.45, 2.75) is 19.1 Å². The molecule has 1 rings (SSSR count). The molecule has 3 nitrogen and oxygen atoms in total. The topological polar surface area (TPSA) is 29.1 Å². The Hall–Kier alpha value is -0.680. The summed E-state index contributed by atoms with van der Waals surface area (Å²) < 4.78 is 1.97. The molecule has 0 atom stereocenters. The number of aromatic nitrogens is 2. The summed E-state index contributed by atoms with van der Waals surface area (Å²) in [5.74, 6) is 0. The molecule has 0 bridgehead atoms. The van der Waals surface area contributed by atoms with E-state index in [0.717, 1.165) is 5.03 Å². The maximum absolute atomic E-state index is 4.00. The van der Waals surface area contributed by atoms with Gasteiger partial charge in [-0.15, -0.1) is 3.96 Å². The molecule has 0 saturated carbocycles. The monoisotopic (exact) mass is 214 g/mol. The molecule has 0 radical (unpaired) electrons. The van der Waals surface area contributed by atoms with Crippen LogP contribution in [0.15, 0.2) is 23.0 Å². The molecule has 0 fully saturated rings. The van der Waals surface area contributed by atoms with Crippen LogP contribution in [0, 0.1) is 0 Å². The molecular formula is C8H12N3S2+. The Morgan fingerprint density at radius 1 is 1.77 bits per heavy atom. The number of hydrogen-bond acceptors (Lipinski definition) is 4. The van der Waals surface area contributed by atoms with Gasteiger partial charge in [-0.1, -0.05) is 25.6 Å². The highest BCUT2D eigenvalue weighted by Gasteiger charge is 2.10. The average Bonchev–Trinajstić information content (AvgIpc) is 2.54. The number of aliphatic imine (C=N–C) groups is 1. The van der Waals surface area contributed by atoms with Gasteiger partial charge >= 0.3 is 6.33 Å². The van der Waals surface area contributed by atoms with Crippen LogP contribution in [0.4, 0.5) is 0 Å². The Balaban J connectivity index is 2.81. The van der Waals surface area contributed by atoms with Gasteiger partial charge in [0.15, 0.2) is 5.03 Å². The Morgan fingerprint density at radius 2 is 2.54 bits per heavy atom. The molecule has 0 unspecified atom stereocenters. The first-order valence-corrected chi connectivity index (χ1v) is 5.59. The second kappa shape index (κ2) is 5.14. The van der Waals surface area contributed by atoms with Crippen LogP contribution < -0.4 is 3.96 Å². The van der Waals surface area contributed by atoms with Crippen LogP contribution in [-0.2, 0) is 0 Å². The highest BCUT2D eigenvalue weighted by Crippen LogP contribution is 2.21. The lowest BCUT2D eigenvalue weighted by Crippen LogP contribution is -2.25. The quantitative estimate of drug-likeness (QED) is 0.567. The van der Waals surface area contributed by atoms with E-state index in [2.05, 4.69) is 30.5 Å². The van der Waals surface area contributed by atoms with E-state index in [1.54, 1.807) is 41.3 Å². The van der Waals surface area contributed by atoms with Crippen molar-refractivity contribution in [2.75, 3.05) is 0 Å². The smallest absolute Gasteiger partial charge is 0.267 e. The summed E-state index contributed by atoms with van der Waals surface area (Å²) in [6, 6.07) is 0. The first-order valence-electron chi connectivity index (χ1n) is 3.87. The Morgan fingerprint density at radius 3 is 3.00 bits per heavy atom. The zero-order valence-corrected chi connectivity index (χ0v) is 9.31. The van der Waals surface area contributed by atoms with Gasteiger partial charge < -0.3 is 0 Å². The van der Waals surface area contributed by atoms with Gasteiger partial charge in [0.25, 0.3) is 0 Å². The van der Waals surface area contributed by atoms with Crippen LogP contribution in [0.25, 0.3) is 5.03 Å². The van der Waals surface area contributed by atoms with Crippen LogP contribution in [-0.4, -0.2) is 17.0 Å². The van der Waals surface area contributed by atoms with E-state index < -0.39 is 0 Å². The summed E-state index contributed by atoms with van der Waals surface area (Å²) in [5.41, 5.74) is 1.79. The lowest BCUT2D eigenvalue weighted by atomic mass is 10.6. The van der Waals surface area contributed by atoms with E-state index in [1.165, 1.54) is 0 Å². The standard InChI is InChI=1S/C8H12N3S2/c1-7(2)13-8(4-9-3)11-5-10-6-12-11/h4-7H,3H2,1-2H3/q+1. The second-order valence-electron chi connectivity index (χ2n) is 2.62. The highest BCUT2D eigenvalue weighted by molar-refractivity contribution is 8.08. The second-order valence-corrected chi connectivity index (χ2v) is 5.03. The Labute approximate surface area is 86.4 Å². The van der Waals surface area contributed by atoms with E-state index in [-0.39, 0.29) is 0 Å². The molecule has 1 aromatic rings. The summed E-state index contributed by atoms with van der Waals surface area (Å²) in [5, 5.41) is 1.59. The van der Waals surface area contributed by atoms with Crippen molar-refractivity contribution in [3.63, 3.8) is 0 Å². The normalized spacial score (nSPS) is 12.1. The van der Waals surface area contributed by atoms with Crippen molar-refractivity contribution in [1.82, 2.24) is 4.98 Å². The number of rotatable bonds is 4. The predicted octanol–water partition coefficient (Wildman–Crippen LogP) is 2.03. The molecule has 0 saturated heterocycles. The summed E-state index contributed by atoms with van der Waals surface area (Å²) in [6.07, 6.45) is 3.53. The molecule has 0 aliphatic heterocycles. The van der Waals surface area contributed by atoms with E-state index in [0.29, 0.717) is 5.25 Å². The molecule has 0 spiro atoms. The molecule has 0 aliphatic carbocycles. The predicted molar refractivity (Wildman–Crippen MR) is 58.9 cm³/mol. The van der Waals surface area contributed by atoms with E-state index in [1.807, 2.05) is 3.96 Å². The van der Waals surface area contributed by atoms with E-state index in [4.69, 9.17) is 0 Å². The number of thioether (sulfide) groups is 1. The van der Waals surface area contributed by atoms with E-state index >= 15 is 0 Å². The fraction of sp³-hybridized carbons (Fsp3) is 0.375. The van der Waals surface area contributed by atoms with E-state index in [9.17, 15) is 0 Å². The van der Waals surface area contributed by atoms with Crippen molar-refractivity contribution < 1.29 is 3.96 Å². The minimum Gasteiger partial charge on any atom is -0.267 e. The third-order valence-corrected chi connectivity index (χ3v) is 3.03. The Kier molecular flexibility index (Phi) is 4.11. The minimum absolute atomic E-state index is 0.530. The Bertz CT molecular complexity index is 290. The fourth-order valence-corrected chi connectivity index (χ4v) is 2.26. The van der Waals surface area contributed by atoms with Gasteiger partial charge in [0, 0.05) is 5.25 Å². The summed E-state index contributed by atoms with van der Waals surface area (Å²) in [7, 11) is 0. The SMILES string of the molecule is C=NC=C(SC(C)C)[n+]1cncs1. The van der Waals surface area contributed by atoms with Crippen LogP contribution in [0.3, 0.4) is 0 Å². The average molecular weight is 214 g/mol. The number of nitrogens with zero attached hydrogens (tertiary/aromatic N) is 3. The molecule has 0 aliphatic rings. The van der Waals surface area contributed by atoms with Gasteiger partial charge in [-0.2, -0.15) is 0 Å². The van der Waals surface area contributed by atoms with Gasteiger partial charge in [0.1, 0.15) is 0 Å². The van der Waals surface area contributed by atoms with Gasteiger partial charge in [0.05, 0.1) is 17.7 Å². The van der Waals surface area contributed by atoms with Gasteiger partial charge in [-0.3, -0.25) is 4.99 Å². The third-order valence-electron chi connectivity index (χ3n) is 1.17. The maximum Gasteiger partial charge on any atom is 0.304 e. The largest absolute Gasteiger partial charge is 0.304 e. The van der Waals surface area contributed by atoms with Crippen LogP contribution in [0.2, 0.25) is 0 Å². The first-order chi connectivity index (χ1) is 6.24. The third kappa shape index (κ3) is 3.28. The van der Waals surface area contributed by atoms with Crippen molar-refractivity contribution in [2.24, 2.45) is 4.99 Å². The summed E-state index contributed by atoms with van der Waals surface area (Å²) in [4.78, 5) is 7.77. The highest BCUT2D eigenvalue weighted by atomic mass is 32.2. The lowest BCUT2D eigenvalue weighted by molar-refractivity contribution is -0.498. The fourth-order valence-electron chi connectivity index (χ4n) is 0.761. The molecule has 70 valence electrons. The van der Waals surface area contributed by atoms with Gasteiger partial charge in [-0.25, -0.2) is 0 Å². The molecule has 13 heavy (non-hydrogen) atoms. The van der Waals surface area contributed by atoms with Crippen molar-refractivity contribution in [3.05, 3.63) is 18.0 Å². The van der Waals surface area contributed by atoms with Crippen molar-refractivity contribution >= 4 is 35.0 Å². The molecular weight excluding hydrogens is 202 g/mol. The molecule has 1 heterocycles. The number of hydrogen-bond donors (Lipinski definition) is 0. The zero-order chi connectivity index (χ0) is 9.68. The van der Waals surface area contributed by atoms with Crippen molar-refractivity contribution in [1.29, 1.82) is 0 Å². The van der Waals surface area contributed by atoms with Gasteiger partial charge in [-0.05, 0) is 11.7 Å². The lowest BCUT2D eigenvalue weighted by Gasteiger charge is -2.02. The molecule has 0 amide bonds. The summed E-state index contributed by atoms with van der Waals surface area (Å²) in [6.45, 7) is 7.73. The van der Waals surface area contributed by atoms with Crippen LogP contribution in [0.1, 0.15) is 13.8 Å². The molecule has 5 heteroatoms. The minimum atomic E-state index is 0.530. The van der Waals surface area contributed by atoms with Gasteiger partial charge in [0.2, 0.25) is 5.51 Å². The maximum atomic E-state index is 4.00. The summed E-state index contributed by atoms with van der Waals surface area (Å²) >= 11 is 3.28. The van der Waals surface area contributed by atoms with Crippen LogP contribution in [0.5, 0.6) is 0 Å². The zero-order valence-electron chi connectivity index (χ0n) is 7.67. The molecule has 0 aromatic carbocycles.